The van der Waals surface area contributed by atoms with E-state index < -0.39 is 17.7 Å². The number of benzene rings is 2. The molecule has 0 spiro atoms. The SMILES string of the molecule is COCCN1C(=O)C(=O)/C(=C(/O)c2cc(Cl)c(OC)c(Cl)c2)C1c1c(C)[nH]c2ccccc12. The maximum absolute atomic E-state index is 13.2. The predicted octanol–water partition coefficient (Wildman–Crippen LogP) is 4.86. The van der Waals surface area contributed by atoms with Gasteiger partial charge in [-0.2, -0.15) is 0 Å². The molecule has 7 nitrogen and oxygen atoms in total. The zero-order valence-corrected chi connectivity index (χ0v) is 19.8. The Morgan fingerprint density at radius 2 is 1.82 bits per heavy atom. The van der Waals surface area contributed by atoms with E-state index in [4.69, 9.17) is 32.7 Å². The fourth-order valence-corrected chi connectivity index (χ4v) is 4.94. The number of aromatic amines is 1. The molecule has 3 aromatic rings. The Hall–Kier alpha value is -3.00. The van der Waals surface area contributed by atoms with Crippen LogP contribution in [0.1, 0.15) is 22.9 Å². The van der Waals surface area contributed by atoms with E-state index in [0.29, 0.717) is 0 Å². The summed E-state index contributed by atoms with van der Waals surface area (Å²) in [5.74, 6) is -1.62. The molecule has 4 rings (SSSR count). The van der Waals surface area contributed by atoms with E-state index in [0.717, 1.165) is 22.2 Å². The largest absolute Gasteiger partial charge is 0.507 e. The van der Waals surface area contributed by atoms with Gasteiger partial charge in [-0.3, -0.25) is 9.59 Å². The third kappa shape index (κ3) is 3.86. The number of H-pyrrole nitrogens is 1. The Kier molecular flexibility index (Phi) is 6.38. The first-order valence-corrected chi connectivity index (χ1v) is 10.9. The van der Waals surface area contributed by atoms with Gasteiger partial charge in [0.05, 0.1) is 35.4 Å². The van der Waals surface area contributed by atoms with E-state index >= 15 is 0 Å². The number of rotatable bonds is 6. The summed E-state index contributed by atoms with van der Waals surface area (Å²) in [6.07, 6.45) is 0. The molecule has 0 saturated carbocycles. The lowest BCUT2D eigenvalue weighted by molar-refractivity contribution is -0.140. The lowest BCUT2D eigenvalue weighted by atomic mass is 9.93. The Balaban J connectivity index is 1.98. The number of aliphatic hydroxyl groups is 1. The average molecular weight is 489 g/mol. The number of hydrogen-bond donors (Lipinski definition) is 2. The van der Waals surface area contributed by atoms with Gasteiger partial charge in [0.2, 0.25) is 0 Å². The molecule has 0 radical (unpaired) electrons. The first-order valence-electron chi connectivity index (χ1n) is 10.2. The summed E-state index contributed by atoms with van der Waals surface area (Å²) in [6.45, 7) is 2.27. The quantitative estimate of drug-likeness (QED) is 0.293. The highest BCUT2D eigenvalue weighted by atomic mass is 35.5. The highest BCUT2D eigenvalue weighted by Gasteiger charge is 2.47. The van der Waals surface area contributed by atoms with E-state index in [9.17, 15) is 14.7 Å². The minimum Gasteiger partial charge on any atom is -0.507 e. The summed E-state index contributed by atoms with van der Waals surface area (Å²) in [5.41, 5.74) is 2.53. The van der Waals surface area contributed by atoms with Crippen LogP contribution in [0.25, 0.3) is 16.7 Å². The Bertz CT molecular complexity index is 1270. The molecule has 1 aromatic heterocycles. The summed E-state index contributed by atoms with van der Waals surface area (Å²) in [4.78, 5) is 30.9. The number of ketones is 1. The van der Waals surface area contributed by atoms with E-state index in [1.54, 1.807) is 0 Å². The topological polar surface area (TPSA) is 91.9 Å². The zero-order chi connectivity index (χ0) is 23.9. The standard InChI is InChI=1S/C24H22Cl2N2O5/c1-12-18(14-6-4-5-7-17(14)27-12)20-19(22(30)24(31)28(20)8-9-32-2)21(29)13-10-15(25)23(33-3)16(26)11-13/h4-7,10-11,20,27,29H,8-9H2,1-3H3/b21-19+. The Morgan fingerprint density at radius 1 is 1.15 bits per heavy atom. The second-order valence-corrected chi connectivity index (χ2v) is 8.48. The monoisotopic (exact) mass is 488 g/mol. The molecule has 33 heavy (non-hydrogen) atoms. The summed E-state index contributed by atoms with van der Waals surface area (Å²) < 4.78 is 10.3. The van der Waals surface area contributed by atoms with Crippen molar-refractivity contribution in [1.29, 1.82) is 0 Å². The maximum atomic E-state index is 13.2. The minimum absolute atomic E-state index is 0.0405. The van der Waals surface area contributed by atoms with Crippen molar-refractivity contribution in [2.24, 2.45) is 0 Å². The number of likely N-dealkylation sites (tertiary alicyclic amines) is 1. The Labute approximate surface area is 200 Å². The van der Waals surface area contributed by atoms with Gasteiger partial charge < -0.3 is 24.5 Å². The fraction of sp³-hybridized carbons (Fsp3) is 0.250. The van der Waals surface area contributed by atoms with Crippen molar-refractivity contribution < 1.29 is 24.2 Å². The van der Waals surface area contributed by atoms with Gasteiger partial charge in [-0.05, 0) is 25.1 Å². The molecule has 2 aromatic carbocycles. The first-order chi connectivity index (χ1) is 15.8. The van der Waals surface area contributed by atoms with Gasteiger partial charge in [-0.25, -0.2) is 0 Å². The summed E-state index contributed by atoms with van der Waals surface area (Å²) in [7, 11) is 2.94. The van der Waals surface area contributed by atoms with E-state index in [1.807, 2.05) is 31.2 Å². The highest BCUT2D eigenvalue weighted by Crippen LogP contribution is 2.44. The van der Waals surface area contributed by atoms with E-state index in [2.05, 4.69) is 4.98 Å². The number of carbonyl (C=O) groups is 2. The Morgan fingerprint density at radius 3 is 2.45 bits per heavy atom. The molecule has 172 valence electrons. The number of aryl methyl sites for hydroxylation is 1. The van der Waals surface area contributed by atoms with Crippen molar-refractivity contribution in [3.63, 3.8) is 0 Å². The number of aromatic nitrogens is 1. The van der Waals surface area contributed by atoms with Gasteiger partial charge in [0.15, 0.2) is 5.75 Å². The van der Waals surface area contributed by atoms with Crippen LogP contribution in [0.15, 0.2) is 42.0 Å². The van der Waals surface area contributed by atoms with Gasteiger partial charge in [0.1, 0.15) is 5.76 Å². The van der Waals surface area contributed by atoms with Crippen LogP contribution in [0.3, 0.4) is 0 Å². The van der Waals surface area contributed by atoms with Crippen LogP contribution in [0.2, 0.25) is 10.0 Å². The molecule has 1 aliphatic rings. The van der Waals surface area contributed by atoms with Crippen molar-refractivity contribution in [3.05, 3.63) is 68.8 Å². The molecule has 9 heteroatoms. The van der Waals surface area contributed by atoms with Crippen molar-refractivity contribution >= 4 is 51.6 Å². The molecule has 1 unspecified atom stereocenters. The maximum Gasteiger partial charge on any atom is 0.295 e. The highest BCUT2D eigenvalue weighted by molar-refractivity contribution is 6.47. The van der Waals surface area contributed by atoms with Crippen LogP contribution in [-0.2, 0) is 14.3 Å². The van der Waals surface area contributed by atoms with Gasteiger partial charge in [0, 0.05) is 41.4 Å². The number of fused-ring (bicyclic) bond motifs is 1. The number of hydrogen-bond acceptors (Lipinski definition) is 5. The van der Waals surface area contributed by atoms with Crippen LogP contribution in [0.5, 0.6) is 5.75 Å². The number of carbonyl (C=O) groups excluding carboxylic acids is 2. The van der Waals surface area contributed by atoms with Gasteiger partial charge in [0.25, 0.3) is 11.7 Å². The van der Waals surface area contributed by atoms with Crippen molar-refractivity contribution in [1.82, 2.24) is 9.88 Å². The van der Waals surface area contributed by atoms with Crippen molar-refractivity contribution in [3.8, 4) is 5.75 Å². The van der Waals surface area contributed by atoms with Crippen LogP contribution in [0, 0.1) is 6.92 Å². The molecular formula is C24H22Cl2N2O5. The molecule has 1 fully saturated rings. The number of halogens is 2. The zero-order valence-electron chi connectivity index (χ0n) is 18.2. The van der Waals surface area contributed by atoms with Crippen LogP contribution in [-0.4, -0.2) is 54.1 Å². The van der Waals surface area contributed by atoms with Gasteiger partial charge in [-0.1, -0.05) is 41.4 Å². The molecule has 2 N–H and O–H groups in total. The number of para-hydroxylation sites is 1. The third-order valence-electron chi connectivity index (χ3n) is 5.77. The van der Waals surface area contributed by atoms with E-state index in [-0.39, 0.29) is 45.8 Å². The predicted molar refractivity (Wildman–Crippen MR) is 127 cm³/mol. The smallest absolute Gasteiger partial charge is 0.295 e. The molecule has 0 bridgehead atoms. The molecule has 1 saturated heterocycles. The lowest BCUT2D eigenvalue weighted by Crippen LogP contribution is -2.32. The average Bonchev–Trinajstić information content (AvgIpc) is 3.24. The molecule has 0 aliphatic carbocycles. The van der Waals surface area contributed by atoms with Crippen LogP contribution >= 0.6 is 23.2 Å². The first kappa shape index (κ1) is 23.2. The number of nitrogens with zero attached hydrogens (tertiary/aromatic N) is 1. The fourth-order valence-electron chi connectivity index (χ4n) is 4.30. The number of amides is 1. The number of Topliss-reactive ketones (excluding diaryl/α,β-unsaturated/α-hetero) is 1. The number of methoxy groups -OCH3 is 2. The van der Waals surface area contributed by atoms with Gasteiger partial charge >= 0.3 is 0 Å². The van der Waals surface area contributed by atoms with Crippen molar-refractivity contribution in [2.45, 2.75) is 13.0 Å². The summed E-state index contributed by atoms with van der Waals surface area (Å²) in [6, 6.07) is 9.67. The second kappa shape index (κ2) is 9.09. The normalized spacial score (nSPS) is 17.8. The summed E-state index contributed by atoms with van der Waals surface area (Å²) in [5, 5.41) is 12.5. The van der Waals surface area contributed by atoms with Crippen molar-refractivity contribution in [2.75, 3.05) is 27.4 Å². The molecule has 1 aliphatic heterocycles. The number of nitrogens with one attached hydrogen (secondary N) is 1. The minimum atomic E-state index is -0.823. The molecular weight excluding hydrogens is 467 g/mol. The number of aliphatic hydroxyl groups excluding tert-OH is 1. The van der Waals surface area contributed by atoms with Crippen LogP contribution < -0.4 is 4.74 Å². The molecule has 1 amide bonds. The van der Waals surface area contributed by atoms with E-state index in [1.165, 1.54) is 31.3 Å². The van der Waals surface area contributed by atoms with Crippen LogP contribution in [0.4, 0.5) is 0 Å². The second-order valence-electron chi connectivity index (χ2n) is 7.67. The molecule has 1 atom stereocenters. The third-order valence-corrected chi connectivity index (χ3v) is 6.33. The number of ether oxygens (including phenoxy) is 2. The summed E-state index contributed by atoms with van der Waals surface area (Å²) >= 11 is 12.5. The molecule has 2 heterocycles. The van der Waals surface area contributed by atoms with Gasteiger partial charge in [-0.15, -0.1) is 0 Å². The lowest BCUT2D eigenvalue weighted by Gasteiger charge is -2.25.